The van der Waals surface area contributed by atoms with Gasteiger partial charge in [-0.25, -0.2) is 4.79 Å². The minimum Gasteiger partial charge on any atom is -0.458 e. The van der Waals surface area contributed by atoms with Gasteiger partial charge in [0.25, 0.3) is 0 Å². The van der Waals surface area contributed by atoms with Crippen molar-refractivity contribution < 1.29 is 14.6 Å². The third-order valence-corrected chi connectivity index (χ3v) is 4.63. The van der Waals surface area contributed by atoms with Gasteiger partial charge in [0.05, 0.1) is 5.92 Å². The minimum absolute atomic E-state index is 0.437. The Morgan fingerprint density at radius 1 is 0.964 bits per heavy atom. The molecule has 0 saturated heterocycles. The maximum Gasteiger partial charge on any atom is 0.345 e. The molecule has 0 aliphatic carbocycles. The van der Waals surface area contributed by atoms with Gasteiger partial charge in [-0.15, -0.1) is 6.42 Å². The number of benzene rings is 3. The highest BCUT2D eigenvalue weighted by molar-refractivity contribution is 5.94. The van der Waals surface area contributed by atoms with Gasteiger partial charge in [0, 0.05) is 5.56 Å². The summed E-state index contributed by atoms with van der Waals surface area (Å²) in [6.45, 7) is 5.30. The fourth-order valence-electron chi connectivity index (χ4n) is 3.40. The Labute approximate surface area is 166 Å². The predicted molar refractivity (Wildman–Crippen MR) is 112 cm³/mol. The number of carbonyl (C=O) groups excluding carboxylic acids is 1. The second-order valence-corrected chi connectivity index (χ2v) is 7.81. The Morgan fingerprint density at radius 2 is 1.57 bits per heavy atom. The van der Waals surface area contributed by atoms with Gasteiger partial charge in [-0.3, -0.25) is 0 Å². The van der Waals surface area contributed by atoms with E-state index in [-0.39, 0.29) is 0 Å². The summed E-state index contributed by atoms with van der Waals surface area (Å²) < 4.78 is 5.63. The van der Waals surface area contributed by atoms with Gasteiger partial charge in [-0.05, 0) is 37.1 Å². The molecule has 0 saturated carbocycles. The van der Waals surface area contributed by atoms with Crippen LogP contribution in [0.5, 0.6) is 0 Å². The van der Waals surface area contributed by atoms with Crippen LogP contribution in [-0.4, -0.2) is 16.7 Å². The lowest BCUT2D eigenvalue weighted by Crippen LogP contribution is -2.45. The number of terminal acetylenes is 1. The summed E-state index contributed by atoms with van der Waals surface area (Å²) in [7, 11) is 0. The number of ether oxygens (including phenoxy) is 1. The van der Waals surface area contributed by atoms with Crippen molar-refractivity contribution in [3.8, 4) is 12.3 Å². The van der Waals surface area contributed by atoms with Crippen LogP contribution in [0.3, 0.4) is 0 Å². The van der Waals surface area contributed by atoms with Gasteiger partial charge in [0.2, 0.25) is 5.60 Å². The molecule has 3 heteroatoms. The van der Waals surface area contributed by atoms with E-state index >= 15 is 0 Å². The fourth-order valence-corrected chi connectivity index (χ4v) is 3.40. The number of aliphatic hydroxyl groups is 1. The molecular weight excluding hydrogens is 348 g/mol. The van der Waals surface area contributed by atoms with Crippen LogP contribution in [0, 0.1) is 12.3 Å². The molecule has 3 nitrogen and oxygen atoms in total. The van der Waals surface area contributed by atoms with Crippen LogP contribution in [0.4, 0.5) is 0 Å². The van der Waals surface area contributed by atoms with E-state index in [0.29, 0.717) is 11.1 Å². The van der Waals surface area contributed by atoms with E-state index in [1.807, 2.05) is 66.7 Å². The number of rotatable bonds is 4. The van der Waals surface area contributed by atoms with Gasteiger partial charge in [-0.2, -0.15) is 0 Å². The average molecular weight is 372 g/mol. The van der Waals surface area contributed by atoms with Crippen molar-refractivity contribution in [3.05, 3.63) is 83.9 Å². The zero-order valence-corrected chi connectivity index (χ0v) is 16.3. The van der Waals surface area contributed by atoms with Crippen molar-refractivity contribution in [2.75, 3.05) is 0 Å². The van der Waals surface area contributed by atoms with Gasteiger partial charge in [-0.1, -0.05) is 78.7 Å². The van der Waals surface area contributed by atoms with Crippen molar-refractivity contribution in [1.29, 1.82) is 0 Å². The van der Waals surface area contributed by atoms with E-state index in [1.165, 1.54) is 0 Å². The molecule has 0 amide bonds. The Bertz CT molecular complexity index is 1020. The Hall–Kier alpha value is -3.09. The molecule has 0 fully saturated rings. The molecule has 0 aliphatic heterocycles. The number of carbonyl (C=O) groups is 1. The first-order chi connectivity index (χ1) is 13.3. The first kappa shape index (κ1) is 19.7. The monoisotopic (exact) mass is 372 g/mol. The Balaban J connectivity index is 2.28. The molecule has 0 bridgehead atoms. The second-order valence-electron chi connectivity index (χ2n) is 7.81. The van der Waals surface area contributed by atoms with Crippen molar-refractivity contribution in [2.45, 2.75) is 37.9 Å². The largest absolute Gasteiger partial charge is 0.458 e. The number of hydrogen-bond acceptors (Lipinski definition) is 3. The molecular formula is C25H24O3. The molecule has 2 atom stereocenters. The first-order valence-electron chi connectivity index (χ1n) is 9.22. The predicted octanol–water partition coefficient (Wildman–Crippen LogP) is 4.79. The smallest absolute Gasteiger partial charge is 0.345 e. The minimum atomic E-state index is -2.04. The lowest BCUT2D eigenvalue weighted by Gasteiger charge is -2.35. The van der Waals surface area contributed by atoms with E-state index in [1.54, 1.807) is 26.8 Å². The number of hydrogen-bond donors (Lipinski definition) is 1. The van der Waals surface area contributed by atoms with E-state index in [0.717, 1.165) is 10.8 Å². The Morgan fingerprint density at radius 3 is 2.21 bits per heavy atom. The van der Waals surface area contributed by atoms with Crippen LogP contribution in [0.15, 0.2) is 72.8 Å². The topological polar surface area (TPSA) is 46.5 Å². The molecule has 3 rings (SSSR count). The molecule has 0 heterocycles. The highest BCUT2D eigenvalue weighted by Gasteiger charge is 2.49. The van der Waals surface area contributed by atoms with Crippen LogP contribution in [0.1, 0.15) is 37.8 Å². The van der Waals surface area contributed by atoms with Crippen LogP contribution in [0.2, 0.25) is 0 Å². The van der Waals surface area contributed by atoms with E-state index in [9.17, 15) is 9.90 Å². The summed E-state index contributed by atoms with van der Waals surface area (Å²) in [4.78, 5) is 13.3. The van der Waals surface area contributed by atoms with Gasteiger partial charge in [0.15, 0.2) is 0 Å². The molecule has 3 aromatic rings. The van der Waals surface area contributed by atoms with Crippen LogP contribution in [0.25, 0.3) is 10.8 Å². The van der Waals surface area contributed by atoms with E-state index < -0.39 is 23.1 Å². The summed E-state index contributed by atoms with van der Waals surface area (Å²) in [5.74, 6) is 0.969. The average Bonchev–Trinajstić information content (AvgIpc) is 2.67. The summed E-state index contributed by atoms with van der Waals surface area (Å²) in [5, 5.41) is 13.6. The normalized spacial score (nSPS) is 14.7. The first-order valence-corrected chi connectivity index (χ1v) is 9.22. The van der Waals surface area contributed by atoms with Gasteiger partial charge in [0.1, 0.15) is 5.60 Å². The second kappa shape index (κ2) is 7.50. The fraction of sp³-hybridized carbons (Fsp3) is 0.240. The number of esters is 1. The highest BCUT2D eigenvalue weighted by Crippen LogP contribution is 2.41. The zero-order chi connectivity index (χ0) is 20.4. The SMILES string of the molecule is C#C[C@H](c1ccccc1)[C@@](O)(C(=O)OC(C)(C)C)c1cccc2ccccc12. The Kier molecular flexibility index (Phi) is 5.27. The van der Waals surface area contributed by atoms with E-state index in [4.69, 9.17) is 11.2 Å². The molecule has 0 aliphatic rings. The molecule has 0 spiro atoms. The third kappa shape index (κ3) is 3.65. The molecule has 1 N–H and O–H groups in total. The van der Waals surface area contributed by atoms with Crippen molar-refractivity contribution in [1.82, 2.24) is 0 Å². The van der Waals surface area contributed by atoms with E-state index in [2.05, 4.69) is 5.92 Å². The molecule has 0 unspecified atom stereocenters. The molecule has 28 heavy (non-hydrogen) atoms. The standard InChI is InChI=1S/C25H24O3/c1-5-21(19-13-7-6-8-14-19)25(27,23(26)28-24(2,3)4)22-17-11-15-18-12-9-10-16-20(18)22/h1,6-17,21,27H,2-4H3/t21-,25+/m1/s1. The summed E-state index contributed by atoms with van der Waals surface area (Å²) in [6, 6.07) is 22.2. The highest BCUT2D eigenvalue weighted by atomic mass is 16.6. The number of fused-ring (bicyclic) bond motifs is 1. The maximum atomic E-state index is 13.3. The van der Waals surface area contributed by atoms with Crippen LogP contribution < -0.4 is 0 Å². The van der Waals surface area contributed by atoms with Crippen molar-refractivity contribution >= 4 is 16.7 Å². The molecule has 3 aromatic carbocycles. The summed E-state index contributed by atoms with van der Waals surface area (Å²) in [5.41, 5.74) is -1.70. The maximum absolute atomic E-state index is 13.3. The zero-order valence-electron chi connectivity index (χ0n) is 16.3. The molecule has 142 valence electrons. The van der Waals surface area contributed by atoms with Crippen LogP contribution in [-0.2, 0) is 15.1 Å². The summed E-state index contributed by atoms with van der Waals surface area (Å²) in [6.07, 6.45) is 5.86. The summed E-state index contributed by atoms with van der Waals surface area (Å²) >= 11 is 0. The van der Waals surface area contributed by atoms with Crippen molar-refractivity contribution in [3.63, 3.8) is 0 Å². The van der Waals surface area contributed by atoms with Gasteiger partial charge >= 0.3 is 5.97 Å². The van der Waals surface area contributed by atoms with Gasteiger partial charge < -0.3 is 9.84 Å². The lowest BCUT2D eigenvalue weighted by molar-refractivity contribution is -0.179. The third-order valence-electron chi connectivity index (χ3n) is 4.63. The molecule has 0 radical (unpaired) electrons. The van der Waals surface area contributed by atoms with Crippen molar-refractivity contribution in [2.24, 2.45) is 0 Å². The van der Waals surface area contributed by atoms with Crippen LogP contribution >= 0.6 is 0 Å². The lowest BCUT2D eigenvalue weighted by atomic mass is 9.76. The quantitative estimate of drug-likeness (QED) is 0.529. The molecule has 0 aromatic heterocycles.